The zero-order valence-electron chi connectivity index (χ0n) is 12.9. The van der Waals surface area contributed by atoms with Crippen LogP contribution in [-0.4, -0.2) is 47.7 Å². The van der Waals surface area contributed by atoms with Gasteiger partial charge in [-0.3, -0.25) is 9.59 Å². The highest BCUT2D eigenvalue weighted by Gasteiger charge is 2.66. The number of hydrogen-bond donors (Lipinski definition) is 1. The fourth-order valence-corrected chi connectivity index (χ4v) is 4.22. The molecule has 5 nitrogen and oxygen atoms in total. The smallest absolute Gasteiger partial charge is 0.307 e. The quantitative estimate of drug-likeness (QED) is 0.861. The number of ether oxygens (including phenoxy) is 1. The monoisotopic (exact) mass is 295 g/mol. The molecule has 5 heteroatoms. The maximum Gasteiger partial charge on any atom is 0.307 e. The fraction of sp³-hybridized carbons (Fsp3) is 0.875. The average molecular weight is 295 g/mol. The third-order valence-electron chi connectivity index (χ3n) is 5.70. The molecule has 0 bridgehead atoms. The van der Waals surface area contributed by atoms with Crippen LogP contribution in [0.4, 0.5) is 0 Å². The van der Waals surface area contributed by atoms with Crippen molar-refractivity contribution in [2.75, 3.05) is 19.7 Å². The number of piperidine rings is 1. The second kappa shape index (κ2) is 5.27. The topological polar surface area (TPSA) is 66.8 Å². The lowest BCUT2D eigenvalue weighted by Crippen LogP contribution is -2.42. The molecule has 1 amide bonds. The lowest BCUT2D eigenvalue weighted by atomic mass is 9.89. The van der Waals surface area contributed by atoms with Crippen molar-refractivity contribution in [3.63, 3.8) is 0 Å². The van der Waals surface area contributed by atoms with Crippen LogP contribution in [0.25, 0.3) is 0 Å². The molecule has 3 atom stereocenters. The molecular formula is C16H25NO4. The number of amides is 1. The molecule has 3 fully saturated rings. The summed E-state index contributed by atoms with van der Waals surface area (Å²) in [6, 6.07) is 0. The van der Waals surface area contributed by atoms with Gasteiger partial charge in [-0.2, -0.15) is 0 Å². The first kappa shape index (κ1) is 14.8. The van der Waals surface area contributed by atoms with Crippen LogP contribution in [0.2, 0.25) is 0 Å². The van der Waals surface area contributed by atoms with Crippen LogP contribution in [0.1, 0.15) is 39.5 Å². The third-order valence-corrected chi connectivity index (χ3v) is 5.70. The second-order valence-electron chi connectivity index (χ2n) is 7.33. The van der Waals surface area contributed by atoms with Crippen molar-refractivity contribution >= 4 is 11.9 Å². The van der Waals surface area contributed by atoms with Crippen molar-refractivity contribution < 1.29 is 19.4 Å². The van der Waals surface area contributed by atoms with Crippen LogP contribution in [0.3, 0.4) is 0 Å². The number of carbonyl (C=O) groups excluding carboxylic acids is 1. The van der Waals surface area contributed by atoms with Gasteiger partial charge < -0.3 is 14.7 Å². The summed E-state index contributed by atoms with van der Waals surface area (Å²) < 4.78 is 5.75. The number of carboxylic acids is 1. The van der Waals surface area contributed by atoms with Gasteiger partial charge in [0.05, 0.1) is 17.9 Å². The van der Waals surface area contributed by atoms with Crippen molar-refractivity contribution in [1.82, 2.24) is 4.90 Å². The van der Waals surface area contributed by atoms with E-state index in [1.165, 1.54) is 0 Å². The van der Waals surface area contributed by atoms with E-state index < -0.39 is 17.3 Å². The SMILES string of the molecule is CC1(C)[C@H](C(=O)O)[C@@H]1C(=O)N1CCC(C2CCCO2)CC1. The summed E-state index contributed by atoms with van der Waals surface area (Å²) in [7, 11) is 0. The number of likely N-dealkylation sites (tertiary alicyclic amines) is 1. The first-order valence-corrected chi connectivity index (χ1v) is 8.06. The fourth-order valence-electron chi connectivity index (χ4n) is 4.22. The molecule has 2 saturated heterocycles. The van der Waals surface area contributed by atoms with Crippen LogP contribution in [0.5, 0.6) is 0 Å². The summed E-state index contributed by atoms with van der Waals surface area (Å²) >= 11 is 0. The molecule has 1 aliphatic carbocycles. The van der Waals surface area contributed by atoms with Crippen molar-refractivity contribution in [2.24, 2.45) is 23.2 Å². The average Bonchev–Trinajstić information content (AvgIpc) is 2.81. The maximum absolute atomic E-state index is 12.6. The van der Waals surface area contributed by atoms with Gasteiger partial charge in [0.1, 0.15) is 0 Å². The van der Waals surface area contributed by atoms with E-state index in [2.05, 4.69) is 0 Å². The number of aliphatic carboxylic acids is 1. The lowest BCUT2D eigenvalue weighted by molar-refractivity contribution is -0.142. The van der Waals surface area contributed by atoms with Gasteiger partial charge in [0, 0.05) is 19.7 Å². The molecule has 2 aliphatic heterocycles. The largest absolute Gasteiger partial charge is 0.481 e. The Morgan fingerprint density at radius 1 is 1.14 bits per heavy atom. The Balaban J connectivity index is 1.55. The predicted octanol–water partition coefficient (Wildman–Crippen LogP) is 1.76. The molecule has 2 heterocycles. The summed E-state index contributed by atoms with van der Waals surface area (Å²) in [6.07, 6.45) is 4.66. The van der Waals surface area contributed by atoms with Gasteiger partial charge in [-0.05, 0) is 37.0 Å². The molecule has 118 valence electrons. The molecule has 0 radical (unpaired) electrons. The van der Waals surface area contributed by atoms with E-state index in [0.717, 1.165) is 45.4 Å². The Morgan fingerprint density at radius 2 is 1.81 bits per heavy atom. The molecule has 21 heavy (non-hydrogen) atoms. The molecule has 0 aromatic rings. The number of nitrogens with zero attached hydrogens (tertiary/aromatic N) is 1. The first-order chi connectivity index (χ1) is 9.93. The first-order valence-electron chi connectivity index (χ1n) is 8.06. The minimum atomic E-state index is -0.840. The van der Waals surface area contributed by atoms with Gasteiger partial charge >= 0.3 is 5.97 Å². The van der Waals surface area contributed by atoms with E-state index in [4.69, 9.17) is 4.74 Å². The summed E-state index contributed by atoms with van der Waals surface area (Å²) in [5.41, 5.74) is -0.395. The molecule has 0 spiro atoms. The molecule has 3 rings (SSSR count). The van der Waals surface area contributed by atoms with Gasteiger partial charge in [0.15, 0.2) is 0 Å². The van der Waals surface area contributed by atoms with Crippen LogP contribution >= 0.6 is 0 Å². The molecular weight excluding hydrogens is 270 g/mol. The third kappa shape index (κ3) is 2.56. The van der Waals surface area contributed by atoms with E-state index in [-0.39, 0.29) is 11.8 Å². The van der Waals surface area contributed by atoms with E-state index in [0.29, 0.717) is 12.0 Å². The van der Waals surface area contributed by atoms with Gasteiger partial charge in [-0.1, -0.05) is 13.8 Å². The molecule has 1 saturated carbocycles. The highest BCUT2D eigenvalue weighted by Crippen LogP contribution is 2.59. The van der Waals surface area contributed by atoms with Crippen LogP contribution in [0, 0.1) is 23.2 Å². The van der Waals surface area contributed by atoms with Gasteiger partial charge in [0.25, 0.3) is 0 Å². The number of hydrogen-bond acceptors (Lipinski definition) is 3. The van der Waals surface area contributed by atoms with Crippen LogP contribution in [-0.2, 0) is 14.3 Å². The minimum Gasteiger partial charge on any atom is -0.481 e. The Kier molecular flexibility index (Phi) is 3.72. The Bertz CT molecular complexity index is 434. The zero-order valence-corrected chi connectivity index (χ0v) is 12.9. The number of carboxylic acid groups (broad SMARTS) is 1. The lowest BCUT2D eigenvalue weighted by Gasteiger charge is -2.34. The minimum absolute atomic E-state index is 0.0400. The molecule has 1 N–H and O–H groups in total. The second-order valence-corrected chi connectivity index (χ2v) is 7.33. The van der Waals surface area contributed by atoms with Crippen molar-refractivity contribution in [3.05, 3.63) is 0 Å². The number of rotatable bonds is 3. The van der Waals surface area contributed by atoms with Crippen molar-refractivity contribution in [2.45, 2.75) is 45.6 Å². The van der Waals surface area contributed by atoms with Gasteiger partial charge in [-0.15, -0.1) is 0 Å². The van der Waals surface area contributed by atoms with Crippen LogP contribution < -0.4 is 0 Å². The normalized spacial score (nSPS) is 35.7. The predicted molar refractivity (Wildman–Crippen MR) is 76.7 cm³/mol. The summed E-state index contributed by atoms with van der Waals surface area (Å²) in [5.74, 6) is -1.08. The zero-order chi connectivity index (χ0) is 15.2. The maximum atomic E-state index is 12.6. The van der Waals surface area contributed by atoms with E-state index >= 15 is 0 Å². The Morgan fingerprint density at radius 3 is 2.29 bits per heavy atom. The van der Waals surface area contributed by atoms with E-state index in [9.17, 15) is 14.7 Å². The van der Waals surface area contributed by atoms with E-state index in [1.807, 2.05) is 18.7 Å². The van der Waals surface area contributed by atoms with E-state index in [1.54, 1.807) is 0 Å². The standard InChI is InChI=1S/C16H25NO4/c1-16(2)12(13(16)15(19)20)14(18)17-7-5-10(6-8-17)11-4-3-9-21-11/h10-13H,3-9H2,1-2H3,(H,19,20)/t11?,12-,13+/m1/s1. The summed E-state index contributed by atoms with van der Waals surface area (Å²) in [4.78, 5) is 25.6. The van der Waals surface area contributed by atoms with Gasteiger partial charge in [0.2, 0.25) is 5.91 Å². The van der Waals surface area contributed by atoms with Crippen molar-refractivity contribution in [3.8, 4) is 0 Å². The van der Waals surface area contributed by atoms with Gasteiger partial charge in [-0.25, -0.2) is 0 Å². The molecule has 0 aromatic carbocycles. The summed E-state index contributed by atoms with van der Waals surface area (Å²) in [5, 5.41) is 9.20. The molecule has 0 aromatic heterocycles. The number of carbonyl (C=O) groups is 2. The highest BCUT2D eigenvalue weighted by molar-refractivity contribution is 5.91. The Hall–Kier alpha value is -1.10. The van der Waals surface area contributed by atoms with Crippen LogP contribution in [0.15, 0.2) is 0 Å². The molecule has 3 aliphatic rings. The molecule has 1 unspecified atom stereocenters. The van der Waals surface area contributed by atoms with Crippen molar-refractivity contribution in [1.29, 1.82) is 0 Å². The summed E-state index contributed by atoms with van der Waals surface area (Å²) in [6.45, 7) is 6.14. The Labute approximate surface area is 125 Å². The highest BCUT2D eigenvalue weighted by atomic mass is 16.5.